The third-order valence-electron chi connectivity index (χ3n) is 2.46. The van der Waals surface area contributed by atoms with Gasteiger partial charge >= 0.3 is 0 Å². The van der Waals surface area contributed by atoms with Crippen molar-refractivity contribution in [3.8, 4) is 0 Å². The van der Waals surface area contributed by atoms with Gasteiger partial charge in [0.25, 0.3) is 0 Å². The van der Waals surface area contributed by atoms with Crippen molar-refractivity contribution < 1.29 is 9.53 Å². The van der Waals surface area contributed by atoms with Gasteiger partial charge in [-0.3, -0.25) is 4.79 Å². The number of rotatable bonds is 8. The van der Waals surface area contributed by atoms with Gasteiger partial charge in [-0.25, -0.2) is 0 Å². The summed E-state index contributed by atoms with van der Waals surface area (Å²) in [4.78, 5) is 11.2. The van der Waals surface area contributed by atoms with Crippen molar-refractivity contribution in [3.63, 3.8) is 0 Å². The molecule has 0 aliphatic carbocycles. The highest BCUT2D eigenvalue weighted by molar-refractivity contribution is 9.09. The van der Waals surface area contributed by atoms with Gasteiger partial charge in [-0.1, -0.05) is 46.3 Å². The van der Waals surface area contributed by atoms with Crippen LogP contribution >= 0.6 is 15.9 Å². The van der Waals surface area contributed by atoms with E-state index in [2.05, 4.69) is 15.9 Å². The van der Waals surface area contributed by atoms with E-state index in [1.807, 2.05) is 30.3 Å². The van der Waals surface area contributed by atoms with Gasteiger partial charge in [-0.2, -0.15) is 0 Å². The number of hydrogen-bond acceptors (Lipinski definition) is 2. The standard InChI is InChI=1S/C13H18BrNO2/c14-9-5-4-8-12(13(15)16)17-10-11-6-2-1-3-7-11/h1-3,6-7,12H,4-5,8-10H2,(H2,15,16). The molecule has 0 aliphatic heterocycles. The number of carbonyl (C=O) groups is 1. The Hall–Kier alpha value is -0.870. The zero-order chi connectivity index (χ0) is 12.5. The number of benzene rings is 1. The lowest BCUT2D eigenvalue weighted by Gasteiger charge is -2.14. The molecule has 1 aromatic carbocycles. The topological polar surface area (TPSA) is 52.3 Å². The van der Waals surface area contributed by atoms with Crippen molar-refractivity contribution in [2.45, 2.75) is 32.0 Å². The molecule has 0 aliphatic rings. The summed E-state index contributed by atoms with van der Waals surface area (Å²) in [7, 11) is 0. The minimum absolute atomic E-state index is 0.379. The number of unbranched alkanes of at least 4 members (excludes halogenated alkanes) is 1. The Morgan fingerprint density at radius 3 is 2.59 bits per heavy atom. The predicted octanol–water partition coefficient (Wildman–Crippen LogP) is 2.62. The minimum Gasteiger partial charge on any atom is -0.367 e. The van der Waals surface area contributed by atoms with Gasteiger partial charge in [-0.15, -0.1) is 0 Å². The third-order valence-corrected chi connectivity index (χ3v) is 3.02. The summed E-state index contributed by atoms with van der Waals surface area (Å²) in [6.07, 6.45) is 2.18. The molecule has 1 amide bonds. The molecule has 1 unspecified atom stereocenters. The minimum atomic E-state index is -0.478. The summed E-state index contributed by atoms with van der Waals surface area (Å²) in [5.74, 6) is -0.379. The smallest absolute Gasteiger partial charge is 0.246 e. The van der Waals surface area contributed by atoms with Gasteiger partial charge in [0.15, 0.2) is 0 Å². The number of hydrogen-bond donors (Lipinski definition) is 1. The van der Waals surface area contributed by atoms with Crippen molar-refractivity contribution >= 4 is 21.8 Å². The van der Waals surface area contributed by atoms with Crippen LogP contribution in [0.1, 0.15) is 24.8 Å². The molecule has 0 radical (unpaired) electrons. The molecule has 2 N–H and O–H groups in total. The van der Waals surface area contributed by atoms with Crippen LogP contribution in [0.4, 0.5) is 0 Å². The quantitative estimate of drug-likeness (QED) is 0.592. The Labute approximate surface area is 110 Å². The fourth-order valence-electron chi connectivity index (χ4n) is 1.50. The maximum Gasteiger partial charge on any atom is 0.246 e. The predicted molar refractivity (Wildman–Crippen MR) is 71.9 cm³/mol. The zero-order valence-corrected chi connectivity index (χ0v) is 11.4. The summed E-state index contributed by atoms with van der Waals surface area (Å²) in [6.45, 7) is 0.433. The lowest BCUT2D eigenvalue weighted by molar-refractivity contribution is -0.130. The van der Waals surface area contributed by atoms with Gasteiger partial charge in [-0.05, 0) is 24.8 Å². The van der Waals surface area contributed by atoms with Crippen LogP contribution in [0, 0.1) is 0 Å². The molecule has 0 spiro atoms. The first-order chi connectivity index (χ1) is 8.24. The molecule has 3 nitrogen and oxygen atoms in total. The molecule has 1 atom stereocenters. The molecule has 1 aromatic rings. The molecule has 0 bridgehead atoms. The van der Waals surface area contributed by atoms with E-state index in [0.29, 0.717) is 13.0 Å². The molecule has 0 fully saturated rings. The van der Waals surface area contributed by atoms with Gasteiger partial charge in [0.05, 0.1) is 6.61 Å². The van der Waals surface area contributed by atoms with Crippen LogP contribution in [0.5, 0.6) is 0 Å². The fourth-order valence-corrected chi connectivity index (χ4v) is 1.90. The summed E-state index contributed by atoms with van der Waals surface area (Å²) in [5.41, 5.74) is 6.36. The Kier molecular flexibility index (Phi) is 6.89. The van der Waals surface area contributed by atoms with Gasteiger partial charge < -0.3 is 10.5 Å². The Bertz CT molecular complexity index is 329. The maximum absolute atomic E-state index is 11.2. The van der Waals surface area contributed by atoms with Crippen molar-refractivity contribution in [2.75, 3.05) is 5.33 Å². The second kappa shape index (κ2) is 8.25. The number of carbonyl (C=O) groups excluding carboxylic acids is 1. The van der Waals surface area contributed by atoms with Crippen LogP contribution in [0.3, 0.4) is 0 Å². The van der Waals surface area contributed by atoms with E-state index < -0.39 is 6.10 Å². The lowest BCUT2D eigenvalue weighted by atomic mass is 10.1. The average Bonchev–Trinajstić information content (AvgIpc) is 2.34. The molecule has 0 saturated carbocycles. The zero-order valence-electron chi connectivity index (χ0n) is 9.77. The molecule has 0 heterocycles. The van der Waals surface area contributed by atoms with Crippen molar-refractivity contribution in [2.24, 2.45) is 5.73 Å². The molecular formula is C13H18BrNO2. The number of nitrogens with two attached hydrogens (primary N) is 1. The number of primary amides is 1. The second-order valence-corrected chi connectivity index (χ2v) is 4.67. The Morgan fingerprint density at radius 2 is 2.00 bits per heavy atom. The van der Waals surface area contributed by atoms with Crippen molar-refractivity contribution in [1.29, 1.82) is 0 Å². The number of amides is 1. The molecule has 94 valence electrons. The highest BCUT2D eigenvalue weighted by Gasteiger charge is 2.15. The third kappa shape index (κ3) is 5.84. The Balaban J connectivity index is 2.36. The first-order valence-corrected chi connectivity index (χ1v) is 6.87. The van der Waals surface area contributed by atoms with E-state index in [9.17, 15) is 4.79 Å². The van der Waals surface area contributed by atoms with E-state index in [1.165, 1.54) is 0 Å². The monoisotopic (exact) mass is 299 g/mol. The van der Waals surface area contributed by atoms with Crippen LogP contribution in [0.25, 0.3) is 0 Å². The fraction of sp³-hybridized carbons (Fsp3) is 0.462. The number of ether oxygens (including phenoxy) is 1. The van der Waals surface area contributed by atoms with E-state index in [1.54, 1.807) is 0 Å². The number of halogens is 1. The SMILES string of the molecule is NC(=O)C(CCCCBr)OCc1ccccc1. The average molecular weight is 300 g/mol. The molecule has 4 heteroatoms. The van der Waals surface area contributed by atoms with Gasteiger partial charge in [0, 0.05) is 5.33 Å². The molecule has 17 heavy (non-hydrogen) atoms. The maximum atomic E-state index is 11.2. The highest BCUT2D eigenvalue weighted by Crippen LogP contribution is 2.09. The largest absolute Gasteiger partial charge is 0.367 e. The van der Waals surface area contributed by atoms with Gasteiger partial charge in [0.1, 0.15) is 6.10 Å². The molecule has 1 rings (SSSR count). The summed E-state index contributed by atoms with van der Waals surface area (Å²) in [5, 5.41) is 0.942. The van der Waals surface area contributed by atoms with E-state index >= 15 is 0 Å². The van der Waals surface area contributed by atoms with Crippen LogP contribution in [0.15, 0.2) is 30.3 Å². The lowest BCUT2D eigenvalue weighted by Crippen LogP contribution is -2.31. The van der Waals surface area contributed by atoms with E-state index in [4.69, 9.17) is 10.5 Å². The molecule has 0 aromatic heterocycles. The van der Waals surface area contributed by atoms with Crippen molar-refractivity contribution in [1.82, 2.24) is 0 Å². The Morgan fingerprint density at radius 1 is 1.29 bits per heavy atom. The van der Waals surface area contributed by atoms with E-state index in [-0.39, 0.29) is 5.91 Å². The normalized spacial score (nSPS) is 12.3. The first-order valence-electron chi connectivity index (χ1n) is 5.75. The van der Waals surface area contributed by atoms with Crippen LogP contribution in [-0.4, -0.2) is 17.3 Å². The highest BCUT2D eigenvalue weighted by atomic mass is 79.9. The van der Waals surface area contributed by atoms with Crippen LogP contribution < -0.4 is 5.73 Å². The summed E-state index contributed by atoms with van der Waals surface area (Å²) in [6, 6.07) is 9.78. The van der Waals surface area contributed by atoms with Crippen molar-refractivity contribution in [3.05, 3.63) is 35.9 Å². The second-order valence-electron chi connectivity index (χ2n) is 3.87. The first kappa shape index (κ1) is 14.2. The molecular weight excluding hydrogens is 282 g/mol. The molecule has 0 saturated heterocycles. The van der Waals surface area contributed by atoms with E-state index in [0.717, 1.165) is 23.7 Å². The number of alkyl halides is 1. The summed E-state index contributed by atoms with van der Waals surface area (Å²) >= 11 is 3.36. The summed E-state index contributed by atoms with van der Waals surface area (Å²) < 4.78 is 5.55. The van der Waals surface area contributed by atoms with Crippen LogP contribution in [0.2, 0.25) is 0 Å². The van der Waals surface area contributed by atoms with Gasteiger partial charge in [0.2, 0.25) is 5.91 Å². The van der Waals surface area contributed by atoms with Crippen LogP contribution in [-0.2, 0) is 16.1 Å².